The van der Waals surface area contributed by atoms with E-state index in [9.17, 15) is 9.18 Å². The quantitative estimate of drug-likeness (QED) is 0.838. The Labute approximate surface area is 140 Å². The molecule has 1 amide bonds. The van der Waals surface area contributed by atoms with E-state index in [0.717, 1.165) is 6.07 Å². The Morgan fingerprint density at radius 1 is 1.18 bits per heavy atom. The van der Waals surface area contributed by atoms with E-state index in [2.05, 4.69) is 21.2 Å². The maximum Gasteiger partial charge on any atom is 0.256 e. The maximum absolute atomic E-state index is 13.7. The van der Waals surface area contributed by atoms with E-state index in [1.807, 2.05) is 0 Å². The van der Waals surface area contributed by atoms with Crippen LogP contribution in [0.4, 0.5) is 10.1 Å². The van der Waals surface area contributed by atoms with Crippen LogP contribution in [-0.4, -0.2) is 20.1 Å². The zero-order chi connectivity index (χ0) is 16.3. The third-order valence-corrected chi connectivity index (χ3v) is 3.90. The van der Waals surface area contributed by atoms with Gasteiger partial charge >= 0.3 is 0 Å². The van der Waals surface area contributed by atoms with Crippen LogP contribution in [0.5, 0.6) is 11.5 Å². The fourth-order valence-corrected chi connectivity index (χ4v) is 2.50. The van der Waals surface area contributed by atoms with E-state index in [0.29, 0.717) is 16.0 Å². The Kier molecular flexibility index (Phi) is 5.26. The number of anilines is 1. The van der Waals surface area contributed by atoms with Crippen molar-refractivity contribution in [2.24, 2.45) is 0 Å². The highest BCUT2D eigenvalue weighted by Crippen LogP contribution is 2.35. The number of halogens is 3. The van der Waals surface area contributed by atoms with E-state index < -0.39 is 11.7 Å². The van der Waals surface area contributed by atoms with Crippen molar-refractivity contribution >= 4 is 39.1 Å². The Hall–Kier alpha value is -1.79. The monoisotopic (exact) mass is 387 g/mol. The second-order valence-corrected chi connectivity index (χ2v) is 5.50. The molecule has 0 heterocycles. The molecule has 0 unspecified atom stereocenters. The topological polar surface area (TPSA) is 47.6 Å². The molecule has 2 aromatic carbocycles. The second-order valence-electron chi connectivity index (χ2n) is 4.27. The molecule has 0 aromatic heterocycles. The van der Waals surface area contributed by atoms with Gasteiger partial charge in [0, 0.05) is 10.6 Å². The lowest BCUT2D eigenvalue weighted by molar-refractivity contribution is 0.102. The fraction of sp³-hybridized carbons (Fsp3) is 0.133. The minimum atomic E-state index is -0.614. The number of methoxy groups -OCH3 is 2. The Bertz CT molecular complexity index is 699. The molecule has 0 aliphatic carbocycles. The van der Waals surface area contributed by atoms with Crippen molar-refractivity contribution in [2.75, 3.05) is 19.5 Å². The van der Waals surface area contributed by atoms with Gasteiger partial charge in [0.1, 0.15) is 21.8 Å². The lowest BCUT2D eigenvalue weighted by Gasteiger charge is -2.12. The normalized spacial score (nSPS) is 10.2. The van der Waals surface area contributed by atoms with Crippen molar-refractivity contribution in [3.05, 3.63) is 51.2 Å². The molecule has 7 heteroatoms. The second kappa shape index (κ2) is 6.98. The van der Waals surface area contributed by atoms with Gasteiger partial charge in [0.2, 0.25) is 0 Å². The summed E-state index contributed by atoms with van der Waals surface area (Å²) < 4.78 is 24.7. The summed E-state index contributed by atoms with van der Waals surface area (Å²) in [6.07, 6.45) is 0. The molecular formula is C15H12BrClFNO3. The molecule has 0 radical (unpaired) electrons. The number of hydrogen-bond acceptors (Lipinski definition) is 3. The number of benzene rings is 2. The van der Waals surface area contributed by atoms with E-state index in [1.54, 1.807) is 0 Å². The Balaban J connectivity index is 2.33. The van der Waals surface area contributed by atoms with Crippen molar-refractivity contribution < 1.29 is 18.7 Å². The van der Waals surface area contributed by atoms with Crippen LogP contribution in [0.25, 0.3) is 0 Å². The number of hydrogen-bond donors (Lipinski definition) is 1. The van der Waals surface area contributed by atoms with Crippen LogP contribution in [0.15, 0.2) is 34.8 Å². The number of amides is 1. The van der Waals surface area contributed by atoms with Gasteiger partial charge in [-0.1, -0.05) is 11.6 Å². The highest BCUT2D eigenvalue weighted by Gasteiger charge is 2.16. The molecule has 22 heavy (non-hydrogen) atoms. The Morgan fingerprint density at radius 2 is 1.77 bits per heavy atom. The fourth-order valence-electron chi connectivity index (χ4n) is 1.79. The molecule has 0 aliphatic heterocycles. The molecule has 2 rings (SSSR count). The first-order chi connectivity index (χ1) is 10.5. The van der Waals surface area contributed by atoms with E-state index in [-0.39, 0.29) is 16.3 Å². The molecule has 0 atom stereocenters. The molecular weight excluding hydrogens is 377 g/mol. The maximum atomic E-state index is 13.7. The molecule has 1 N–H and O–H groups in total. The van der Waals surface area contributed by atoms with Crippen LogP contribution < -0.4 is 14.8 Å². The molecule has 0 saturated carbocycles. The number of rotatable bonds is 4. The first-order valence-electron chi connectivity index (χ1n) is 6.14. The van der Waals surface area contributed by atoms with Crippen LogP contribution in [0.1, 0.15) is 10.4 Å². The Morgan fingerprint density at radius 3 is 2.27 bits per heavy atom. The van der Waals surface area contributed by atoms with Crippen LogP contribution in [0, 0.1) is 5.82 Å². The summed E-state index contributed by atoms with van der Waals surface area (Å²) in [5.41, 5.74) is 0.307. The number of carbonyl (C=O) groups is 1. The summed E-state index contributed by atoms with van der Waals surface area (Å²) in [4.78, 5) is 12.3. The summed E-state index contributed by atoms with van der Waals surface area (Å²) >= 11 is 8.99. The molecule has 4 nitrogen and oxygen atoms in total. The lowest BCUT2D eigenvalue weighted by atomic mass is 10.1. The van der Waals surface area contributed by atoms with E-state index in [4.69, 9.17) is 21.1 Å². The molecule has 0 spiro atoms. The van der Waals surface area contributed by atoms with Gasteiger partial charge in [0.05, 0.1) is 19.9 Å². The first-order valence-corrected chi connectivity index (χ1v) is 7.31. The summed E-state index contributed by atoms with van der Waals surface area (Å²) in [6, 6.07) is 7.05. The van der Waals surface area contributed by atoms with Crippen molar-refractivity contribution in [3.8, 4) is 11.5 Å². The van der Waals surface area contributed by atoms with Gasteiger partial charge in [-0.15, -0.1) is 0 Å². The molecule has 0 saturated heterocycles. The highest BCUT2D eigenvalue weighted by molar-refractivity contribution is 9.10. The number of carbonyl (C=O) groups excluding carboxylic acids is 1. The van der Waals surface area contributed by atoms with Crippen molar-refractivity contribution in [3.63, 3.8) is 0 Å². The van der Waals surface area contributed by atoms with Gasteiger partial charge in [-0.3, -0.25) is 4.79 Å². The summed E-state index contributed by atoms with van der Waals surface area (Å²) in [6.45, 7) is 0. The van der Waals surface area contributed by atoms with Gasteiger partial charge in [-0.25, -0.2) is 4.39 Å². The predicted octanol–water partition coefficient (Wildman–Crippen LogP) is 4.51. The average molecular weight is 389 g/mol. The molecule has 2 aromatic rings. The molecule has 0 aliphatic rings. The van der Waals surface area contributed by atoms with Gasteiger partial charge < -0.3 is 14.8 Å². The van der Waals surface area contributed by atoms with Crippen molar-refractivity contribution in [1.29, 1.82) is 0 Å². The summed E-state index contributed by atoms with van der Waals surface area (Å²) in [7, 11) is 2.94. The van der Waals surface area contributed by atoms with Crippen LogP contribution in [-0.2, 0) is 0 Å². The minimum absolute atomic E-state index is 0.0373. The number of nitrogens with one attached hydrogen (secondary N) is 1. The van der Waals surface area contributed by atoms with E-state index in [1.165, 1.54) is 38.5 Å². The average Bonchev–Trinajstić information content (AvgIpc) is 2.50. The zero-order valence-electron chi connectivity index (χ0n) is 11.7. The minimum Gasteiger partial charge on any atom is -0.495 e. The SMILES string of the molecule is COc1cc(C(=O)Nc2ccc(Cl)cc2F)cc(OC)c1Br. The molecule has 116 valence electrons. The standard InChI is InChI=1S/C15H12BrClFNO3/c1-21-12-5-8(6-13(22-2)14(12)16)15(20)19-11-4-3-9(17)7-10(11)18/h3-7H,1-2H3,(H,19,20). The van der Waals surface area contributed by atoms with Crippen molar-refractivity contribution in [1.82, 2.24) is 0 Å². The molecule has 0 fully saturated rings. The van der Waals surface area contributed by atoms with Crippen LogP contribution in [0.2, 0.25) is 5.02 Å². The third-order valence-electron chi connectivity index (χ3n) is 2.89. The van der Waals surface area contributed by atoms with Gasteiger partial charge in [0.25, 0.3) is 5.91 Å². The predicted molar refractivity (Wildman–Crippen MR) is 86.6 cm³/mol. The smallest absolute Gasteiger partial charge is 0.256 e. The van der Waals surface area contributed by atoms with Gasteiger partial charge in [-0.05, 0) is 46.3 Å². The first kappa shape index (κ1) is 16.6. The summed E-state index contributed by atoms with van der Waals surface area (Å²) in [5, 5.41) is 2.73. The zero-order valence-corrected chi connectivity index (χ0v) is 14.1. The lowest BCUT2D eigenvalue weighted by Crippen LogP contribution is -2.13. The summed E-state index contributed by atoms with van der Waals surface area (Å²) in [5.74, 6) is -0.246. The van der Waals surface area contributed by atoms with Crippen LogP contribution >= 0.6 is 27.5 Å². The van der Waals surface area contributed by atoms with Crippen molar-refractivity contribution in [2.45, 2.75) is 0 Å². The highest BCUT2D eigenvalue weighted by atomic mass is 79.9. The largest absolute Gasteiger partial charge is 0.495 e. The van der Waals surface area contributed by atoms with Gasteiger partial charge in [-0.2, -0.15) is 0 Å². The van der Waals surface area contributed by atoms with Crippen LogP contribution in [0.3, 0.4) is 0 Å². The number of ether oxygens (including phenoxy) is 2. The molecule has 0 bridgehead atoms. The third kappa shape index (κ3) is 3.51. The van der Waals surface area contributed by atoms with E-state index >= 15 is 0 Å². The van der Waals surface area contributed by atoms with Gasteiger partial charge in [0.15, 0.2) is 0 Å².